The van der Waals surface area contributed by atoms with Crippen LogP contribution in [0.4, 0.5) is 17.1 Å². The van der Waals surface area contributed by atoms with E-state index in [1.54, 1.807) is 0 Å². The molecule has 0 bridgehead atoms. The summed E-state index contributed by atoms with van der Waals surface area (Å²) in [7, 11) is 0. The van der Waals surface area contributed by atoms with E-state index in [-0.39, 0.29) is 16.7 Å². The van der Waals surface area contributed by atoms with Crippen molar-refractivity contribution < 1.29 is 14.4 Å². The summed E-state index contributed by atoms with van der Waals surface area (Å²) < 4.78 is 0. The molecule has 0 fully saturated rings. The third-order valence-corrected chi connectivity index (χ3v) is 7.47. The molecule has 0 aliphatic rings. The first-order valence-electron chi connectivity index (χ1n) is 14.1. The van der Waals surface area contributed by atoms with Crippen molar-refractivity contribution in [2.24, 2.45) is 0 Å². The van der Waals surface area contributed by atoms with Gasteiger partial charge in [0, 0.05) is 33.8 Å². The van der Waals surface area contributed by atoms with E-state index >= 15 is 0 Å². The summed E-state index contributed by atoms with van der Waals surface area (Å²) in [5.74, 6) is -1.21. The third kappa shape index (κ3) is 6.60. The van der Waals surface area contributed by atoms with Crippen LogP contribution in [0.15, 0.2) is 54.6 Å². The summed E-state index contributed by atoms with van der Waals surface area (Å²) in [5, 5.41) is 9.00. The van der Waals surface area contributed by atoms with Crippen LogP contribution < -0.4 is 16.0 Å². The van der Waals surface area contributed by atoms with Gasteiger partial charge in [0.15, 0.2) is 0 Å². The Labute approximate surface area is 248 Å². The monoisotopic (exact) mass is 561 g/mol. The Morgan fingerprint density at radius 3 is 0.738 bits per heavy atom. The zero-order valence-corrected chi connectivity index (χ0v) is 25.9. The van der Waals surface area contributed by atoms with Crippen molar-refractivity contribution in [1.29, 1.82) is 0 Å². The molecule has 0 unspecified atom stereocenters. The van der Waals surface area contributed by atoms with Crippen molar-refractivity contribution >= 4 is 34.8 Å². The predicted molar refractivity (Wildman–Crippen MR) is 172 cm³/mol. The summed E-state index contributed by atoms with van der Waals surface area (Å²) >= 11 is 0. The molecule has 216 valence electrons. The highest BCUT2D eigenvalue weighted by atomic mass is 16.2. The quantitative estimate of drug-likeness (QED) is 0.222. The molecule has 4 aromatic carbocycles. The molecule has 4 aromatic rings. The van der Waals surface area contributed by atoms with Crippen LogP contribution in [0.1, 0.15) is 81.1 Å². The largest absolute Gasteiger partial charge is 0.322 e. The minimum absolute atomic E-state index is 0.210. The first-order valence-corrected chi connectivity index (χ1v) is 14.1. The molecule has 6 nitrogen and oxygen atoms in total. The number of amides is 3. The lowest BCUT2D eigenvalue weighted by Gasteiger charge is -2.16. The lowest BCUT2D eigenvalue weighted by atomic mass is 10.0. The number of nitrogens with one attached hydrogen (secondary N) is 3. The molecule has 0 heterocycles. The van der Waals surface area contributed by atoms with Gasteiger partial charge in [-0.2, -0.15) is 0 Å². The number of aryl methyl sites for hydroxylation is 9. The number of benzene rings is 4. The number of carbonyl (C=O) groups is 3. The summed E-state index contributed by atoms with van der Waals surface area (Å²) in [6.45, 7) is 17.7. The maximum absolute atomic E-state index is 13.6. The molecule has 0 saturated carbocycles. The van der Waals surface area contributed by atoms with Gasteiger partial charge in [-0.15, -0.1) is 0 Å². The Morgan fingerprint density at radius 1 is 0.357 bits per heavy atom. The second-order valence-corrected chi connectivity index (χ2v) is 11.5. The first kappa shape index (κ1) is 30.3. The maximum Gasteiger partial charge on any atom is 0.255 e. The molecule has 0 saturated heterocycles. The fraction of sp³-hybridized carbons (Fsp3) is 0.250. The van der Waals surface area contributed by atoms with Crippen LogP contribution in [0.3, 0.4) is 0 Å². The van der Waals surface area contributed by atoms with Gasteiger partial charge >= 0.3 is 0 Å². The summed E-state index contributed by atoms with van der Waals surface area (Å²) in [4.78, 5) is 40.8. The lowest BCUT2D eigenvalue weighted by Crippen LogP contribution is -2.20. The summed E-state index contributed by atoms with van der Waals surface area (Å²) in [6.07, 6.45) is 0. The Hall–Kier alpha value is -4.71. The number of rotatable bonds is 6. The molecule has 0 aromatic heterocycles. The fourth-order valence-corrected chi connectivity index (χ4v) is 5.71. The Kier molecular flexibility index (Phi) is 8.67. The normalized spacial score (nSPS) is 10.8. The smallest absolute Gasteiger partial charge is 0.255 e. The van der Waals surface area contributed by atoms with E-state index in [0.717, 1.165) is 50.1 Å². The highest BCUT2D eigenvalue weighted by molar-refractivity contribution is 6.13. The number of hydrogen-bond acceptors (Lipinski definition) is 3. The minimum Gasteiger partial charge on any atom is -0.322 e. The maximum atomic E-state index is 13.6. The molecule has 0 aliphatic carbocycles. The topological polar surface area (TPSA) is 87.3 Å². The van der Waals surface area contributed by atoms with E-state index in [0.29, 0.717) is 17.1 Å². The van der Waals surface area contributed by atoms with Crippen molar-refractivity contribution in [3.63, 3.8) is 0 Å². The number of hydrogen-bond donors (Lipinski definition) is 3. The van der Waals surface area contributed by atoms with E-state index in [4.69, 9.17) is 0 Å². The van der Waals surface area contributed by atoms with Gasteiger partial charge in [-0.3, -0.25) is 14.4 Å². The van der Waals surface area contributed by atoms with Crippen LogP contribution in [0.5, 0.6) is 0 Å². The van der Waals surface area contributed by atoms with Crippen molar-refractivity contribution in [1.82, 2.24) is 0 Å². The van der Waals surface area contributed by atoms with E-state index in [2.05, 4.69) is 16.0 Å². The lowest BCUT2D eigenvalue weighted by molar-refractivity contribution is 0.102. The van der Waals surface area contributed by atoms with Crippen molar-refractivity contribution in [3.8, 4) is 0 Å². The second kappa shape index (κ2) is 12.0. The fourth-order valence-electron chi connectivity index (χ4n) is 5.71. The van der Waals surface area contributed by atoms with E-state index in [1.165, 1.54) is 18.2 Å². The molecule has 4 rings (SSSR count). The molecule has 3 amide bonds. The predicted octanol–water partition coefficient (Wildman–Crippen LogP) is 8.22. The van der Waals surface area contributed by atoms with E-state index in [9.17, 15) is 14.4 Å². The molecule has 6 heteroatoms. The molecule has 0 aliphatic heterocycles. The van der Waals surface area contributed by atoms with Gasteiger partial charge in [-0.05, 0) is 114 Å². The van der Waals surface area contributed by atoms with Crippen LogP contribution in [0.2, 0.25) is 0 Å². The van der Waals surface area contributed by atoms with Crippen LogP contribution in [0.25, 0.3) is 0 Å². The SMILES string of the molecule is Cc1cc(C)c(NC(=O)c2cc(C(=O)Nc3c(C)cc(C)cc3C)cc(C(=O)Nc3c(C)cc(C)cc3C)c2)c(C)c1. The number of carbonyl (C=O) groups excluding carboxylic acids is 3. The van der Waals surface area contributed by atoms with Crippen LogP contribution in [-0.4, -0.2) is 17.7 Å². The summed E-state index contributed by atoms with van der Waals surface area (Å²) in [5.41, 5.74) is 11.7. The molecule has 0 radical (unpaired) electrons. The first-order chi connectivity index (χ1) is 19.7. The molecule has 42 heavy (non-hydrogen) atoms. The van der Waals surface area contributed by atoms with E-state index < -0.39 is 17.7 Å². The Balaban J connectivity index is 1.75. The van der Waals surface area contributed by atoms with E-state index in [1.807, 2.05) is 98.7 Å². The number of anilines is 3. The molecule has 3 N–H and O–H groups in total. The average molecular weight is 562 g/mol. The van der Waals surface area contributed by atoms with Crippen LogP contribution >= 0.6 is 0 Å². The van der Waals surface area contributed by atoms with Gasteiger partial charge in [0.1, 0.15) is 0 Å². The zero-order chi connectivity index (χ0) is 30.9. The summed E-state index contributed by atoms with van der Waals surface area (Å²) in [6, 6.07) is 16.6. The highest BCUT2D eigenvalue weighted by Crippen LogP contribution is 2.27. The molecular weight excluding hydrogens is 522 g/mol. The van der Waals surface area contributed by atoms with Gasteiger partial charge < -0.3 is 16.0 Å². The third-order valence-electron chi connectivity index (χ3n) is 7.47. The van der Waals surface area contributed by atoms with Crippen LogP contribution in [-0.2, 0) is 0 Å². The molecular formula is C36H39N3O3. The standard InChI is InChI=1S/C36H39N3O3/c1-19-10-22(4)31(23(5)11-19)37-34(40)28-16-29(35(41)38-32-24(6)12-20(2)13-25(32)7)18-30(17-28)36(42)39-33-26(8)14-21(3)15-27(33)9/h10-18H,1-9H3,(H,37,40)(H,38,41)(H,39,42). The molecule has 0 spiro atoms. The van der Waals surface area contributed by atoms with Gasteiger partial charge in [-0.1, -0.05) is 53.1 Å². The van der Waals surface area contributed by atoms with Crippen molar-refractivity contribution in [3.05, 3.63) is 121 Å². The van der Waals surface area contributed by atoms with Gasteiger partial charge in [-0.25, -0.2) is 0 Å². The Morgan fingerprint density at radius 2 is 0.548 bits per heavy atom. The van der Waals surface area contributed by atoms with Crippen molar-refractivity contribution in [2.75, 3.05) is 16.0 Å². The average Bonchev–Trinajstić information content (AvgIpc) is 2.89. The van der Waals surface area contributed by atoms with Gasteiger partial charge in [0.25, 0.3) is 17.7 Å². The van der Waals surface area contributed by atoms with Gasteiger partial charge in [0.2, 0.25) is 0 Å². The van der Waals surface area contributed by atoms with Crippen molar-refractivity contribution in [2.45, 2.75) is 62.3 Å². The zero-order valence-electron chi connectivity index (χ0n) is 25.9. The molecule has 0 atom stereocenters. The Bertz CT molecular complexity index is 1470. The minimum atomic E-state index is -0.404. The van der Waals surface area contributed by atoms with Crippen LogP contribution in [0, 0.1) is 62.3 Å². The highest BCUT2D eigenvalue weighted by Gasteiger charge is 2.20. The van der Waals surface area contributed by atoms with Gasteiger partial charge in [0.05, 0.1) is 0 Å². The second-order valence-electron chi connectivity index (χ2n) is 11.5.